The second kappa shape index (κ2) is 12.6. The minimum Gasteiger partial charge on any atom is -0.479 e. The van der Waals surface area contributed by atoms with Crippen LogP contribution >= 0.6 is 15.9 Å². The predicted molar refractivity (Wildman–Crippen MR) is 85.3 cm³/mol. The van der Waals surface area contributed by atoms with Crippen LogP contribution in [0.5, 0.6) is 5.88 Å². The van der Waals surface area contributed by atoms with Gasteiger partial charge in [0.15, 0.2) is 0 Å². The van der Waals surface area contributed by atoms with E-state index in [4.69, 9.17) is 4.74 Å². The van der Waals surface area contributed by atoms with Crippen LogP contribution in [0.2, 0.25) is 0 Å². The number of rotatable bonds is 5. The SMILES string of the molecule is CC.CC.COc1nc(Br)ccc1N(C=O)CC(C)=O. The van der Waals surface area contributed by atoms with Crippen LogP contribution in [0.3, 0.4) is 0 Å². The number of ether oxygens (including phenoxy) is 1. The van der Waals surface area contributed by atoms with Crippen molar-refractivity contribution < 1.29 is 14.3 Å². The highest BCUT2D eigenvalue weighted by Gasteiger charge is 2.14. The van der Waals surface area contributed by atoms with Gasteiger partial charge in [0.2, 0.25) is 12.3 Å². The lowest BCUT2D eigenvalue weighted by molar-refractivity contribution is -0.117. The van der Waals surface area contributed by atoms with Gasteiger partial charge in [0.25, 0.3) is 0 Å². The second-order valence-corrected chi connectivity index (χ2v) is 3.91. The molecule has 0 fully saturated rings. The number of nitrogens with zero attached hydrogens (tertiary/aromatic N) is 2. The van der Waals surface area contributed by atoms with Crippen LogP contribution in [0.1, 0.15) is 34.6 Å². The number of methoxy groups -OCH3 is 1. The Morgan fingerprint density at radius 1 is 1.35 bits per heavy atom. The lowest BCUT2D eigenvalue weighted by Crippen LogP contribution is -2.27. The molecule has 0 aliphatic heterocycles. The minimum absolute atomic E-state index is 0.00315. The van der Waals surface area contributed by atoms with E-state index in [1.54, 1.807) is 12.1 Å². The molecule has 20 heavy (non-hydrogen) atoms. The van der Waals surface area contributed by atoms with E-state index in [0.717, 1.165) is 0 Å². The molecule has 0 aliphatic carbocycles. The Morgan fingerprint density at radius 3 is 2.30 bits per heavy atom. The molecule has 1 aromatic rings. The molecule has 1 rings (SSSR count). The third kappa shape index (κ3) is 7.23. The molecule has 1 aromatic heterocycles. The highest BCUT2D eigenvalue weighted by molar-refractivity contribution is 9.10. The van der Waals surface area contributed by atoms with Gasteiger partial charge in [0.05, 0.1) is 13.7 Å². The van der Waals surface area contributed by atoms with Gasteiger partial charge in [0.1, 0.15) is 16.1 Å². The highest BCUT2D eigenvalue weighted by atomic mass is 79.9. The molecule has 0 spiro atoms. The number of hydrogen-bond donors (Lipinski definition) is 0. The van der Waals surface area contributed by atoms with Crippen molar-refractivity contribution in [1.29, 1.82) is 0 Å². The number of halogens is 1. The van der Waals surface area contributed by atoms with E-state index in [9.17, 15) is 9.59 Å². The number of hydrogen-bond acceptors (Lipinski definition) is 4. The monoisotopic (exact) mass is 346 g/mol. The predicted octanol–water partition coefficient (Wildman–Crippen LogP) is 3.46. The molecule has 6 heteroatoms. The molecule has 114 valence electrons. The fourth-order valence-corrected chi connectivity index (χ4v) is 1.49. The van der Waals surface area contributed by atoms with Crippen LogP contribution in [0, 0.1) is 0 Å². The maximum Gasteiger partial charge on any atom is 0.238 e. The first kappa shape index (κ1) is 20.9. The van der Waals surface area contributed by atoms with Gasteiger partial charge in [-0.3, -0.25) is 9.59 Å². The Bertz CT molecular complexity index is 411. The quantitative estimate of drug-likeness (QED) is 0.605. The fourth-order valence-electron chi connectivity index (χ4n) is 1.20. The molecule has 1 amide bonds. The number of anilines is 1. The normalized spacial score (nSPS) is 8.35. The molecule has 0 unspecified atom stereocenters. The third-order valence-corrected chi connectivity index (χ3v) is 2.27. The summed E-state index contributed by atoms with van der Waals surface area (Å²) >= 11 is 3.19. The van der Waals surface area contributed by atoms with Crippen molar-refractivity contribution >= 4 is 33.8 Å². The maximum absolute atomic E-state index is 11.0. The van der Waals surface area contributed by atoms with Gasteiger partial charge in [-0.15, -0.1) is 0 Å². The Kier molecular flexibility index (Phi) is 13.1. The Balaban J connectivity index is 0. The largest absolute Gasteiger partial charge is 0.479 e. The summed E-state index contributed by atoms with van der Waals surface area (Å²) in [6.45, 7) is 9.42. The summed E-state index contributed by atoms with van der Waals surface area (Å²) < 4.78 is 5.64. The number of carbonyl (C=O) groups excluding carboxylic acids is 2. The minimum atomic E-state index is -0.114. The standard InChI is InChI=1S/C10H11BrN2O3.2C2H6/c1-7(15)5-13(6-14)8-3-4-9(11)12-10(8)16-2;2*1-2/h3-4,6H,5H2,1-2H3;2*1-2H3. The van der Waals surface area contributed by atoms with Crippen LogP contribution < -0.4 is 9.64 Å². The first-order valence-corrected chi connectivity index (χ1v) is 7.29. The van der Waals surface area contributed by atoms with Gasteiger partial charge < -0.3 is 9.64 Å². The van der Waals surface area contributed by atoms with Crippen molar-refractivity contribution in [3.8, 4) is 5.88 Å². The molecular weight excluding hydrogens is 324 g/mol. The molecule has 1 heterocycles. The van der Waals surface area contributed by atoms with Crippen LogP contribution in [-0.4, -0.2) is 30.8 Å². The summed E-state index contributed by atoms with van der Waals surface area (Å²) in [5.74, 6) is 0.180. The van der Waals surface area contributed by atoms with E-state index in [1.807, 2.05) is 27.7 Å². The molecule has 0 N–H and O–H groups in total. The van der Waals surface area contributed by atoms with E-state index < -0.39 is 0 Å². The van der Waals surface area contributed by atoms with Crippen LogP contribution in [0.4, 0.5) is 5.69 Å². The Morgan fingerprint density at radius 2 is 1.90 bits per heavy atom. The molecule has 0 saturated heterocycles. The van der Waals surface area contributed by atoms with E-state index in [1.165, 1.54) is 18.9 Å². The average Bonchev–Trinajstić information content (AvgIpc) is 2.48. The number of pyridine rings is 1. The third-order valence-electron chi connectivity index (χ3n) is 1.83. The molecule has 0 aromatic carbocycles. The summed E-state index contributed by atoms with van der Waals surface area (Å²) in [4.78, 5) is 27.2. The summed E-state index contributed by atoms with van der Waals surface area (Å²) in [5, 5.41) is 0. The summed E-state index contributed by atoms with van der Waals surface area (Å²) in [5.41, 5.74) is 0.468. The molecule has 0 saturated carbocycles. The first-order chi connectivity index (χ1) is 9.58. The molecule has 0 radical (unpaired) electrons. The summed E-state index contributed by atoms with van der Waals surface area (Å²) in [6.07, 6.45) is 0.578. The smallest absolute Gasteiger partial charge is 0.238 e. The van der Waals surface area contributed by atoms with Gasteiger partial charge in [0, 0.05) is 0 Å². The van der Waals surface area contributed by atoms with Crippen molar-refractivity contribution in [3.63, 3.8) is 0 Å². The van der Waals surface area contributed by atoms with Gasteiger partial charge >= 0.3 is 0 Å². The van der Waals surface area contributed by atoms with Crippen LogP contribution in [-0.2, 0) is 9.59 Å². The fraction of sp³-hybridized carbons (Fsp3) is 0.500. The van der Waals surface area contributed by atoms with E-state index >= 15 is 0 Å². The zero-order valence-electron chi connectivity index (χ0n) is 12.9. The van der Waals surface area contributed by atoms with Crippen molar-refractivity contribution in [1.82, 2.24) is 4.98 Å². The van der Waals surface area contributed by atoms with Crippen molar-refractivity contribution in [3.05, 3.63) is 16.7 Å². The van der Waals surface area contributed by atoms with Crippen molar-refractivity contribution in [2.75, 3.05) is 18.6 Å². The van der Waals surface area contributed by atoms with Crippen molar-refractivity contribution in [2.45, 2.75) is 34.6 Å². The molecule has 5 nitrogen and oxygen atoms in total. The van der Waals surface area contributed by atoms with Crippen molar-refractivity contribution in [2.24, 2.45) is 0 Å². The molecular formula is C14H23BrN2O3. The highest BCUT2D eigenvalue weighted by Crippen LogP contribution is 2.26. The van der Waals surface area contributed by atoms with Crippen LogP contribution in [0.25, 0.3) is 0 Å². The lowest BCUT2D eigenvalue weighted by Gasteiger charge is -2.17. The van der Waals surface area contributed by atoms with E-state index in [-0.39, 0.29) is 12.3 Å². The lowest BCUT2D eigenvalue weighted by atomic mass is 10.3. The molecule has 0 aliphatic rings. The molecule has 0 bridgehead atoms. The van der Waals surface area contributed by atoms with E-state index in [2.05, 4.69) is 20.9 Å². The maximum atomic E-state index is 11.0. The zero-order valence-corrected chi connectivity index (χ0v) is 14.5. The summed E-state index contributed by atoms with van der Waals surface area (Å²) in [6, 6.07) is 3.34. The first-order valence-electron chi connectivity index (χ1n) is 6.50. The second-order valence-electron chi connectivity index (χ2n) is 3.10. The number of aromatic nitrogens is 1. The molecule has 0 atom stereocenters. The topological polar surface area (TPSA) is 59.5 Å². The number of amides is 1. The van der Waals surface area contributed by atoms with Gasteiger partial charge in [-0.25, -0.2) is 4.98 Å². The number of ketones is 1. The van der Waals surface area contributed by atoms with E-state index in [0.29, 0.717) is 22.6 Å². The Hall–Kier alpha value is -1.43. The zero-order chi connectivity index (χ0) is 16.1. The Labute approximate surface area is 129 Å². The average molecular weight is 347 g/mol. The summed E-state index contributed by atoms with van der Waals surface area (Å²) in [7, 11) is 1.45. The van der Waals surface area contributed by atoms with Gasteiger partial charge in [-0.2, -0.15) is 0 Å². The van der Waals surface area contributed by atoms with Crippen LogP contribution in [0.15, 0.2) is 16.7 Å². The number of Topliss-reactive ketones (excluding diaryl/α,β-unsaturated/α-hetero) is 1. The van der Waals surface area contributed by atoms with Gasteiger partial charge in [-0.1, -0.05) is 27.7 Å². The van der Waals surface area contributed by atoms with Gasteiger partial charge in [-0.05, 0) is 35.0 Å². The number of carbonyl (C=O) groups is 2.